The number of hydrogen-bond acceptors (Lipinski definition) is 5. The highest BCUT2D eigenvalue weighted by Gasteiger charge is 2.23. The quantitative estimate of drug-likeness (QED) is 0.856. The SMILES string of the molecule is COC1CCCC(Oc2cncc(CO)n2)C1. The number of methoxy groups -OCH3 is 1. The zero-order valence-electron chi connectivity index (χ0n) is 10.0. The molecule has 2 unspecified atom stereocenters. The van der Waals surface area contributed by atoms with Crippen LogP contribution in [0.15, 0.2) is 12.4 Å². The van der Waals surface area contributed by atoms with Crippen LogP contribution in [0, 0.1) is 0 Å². The number of aliphatic hydroxyl groups is 1. The van der Waals surface area contributed by atoms with E-state index in [-0.39, 0.29) is 18.8 Å². The molecule has 1 aliphatic carbocycles. The molecule has 0 radical (unpaired) electrons. The molecule has 0 saturated heterocycles. The fraction of sp³-hybridized carbons (Fsp3) is 0.667. The van der Waals surface area contributed by atoms with Crippen LogP contribution in [0.4, 0.5) is 0 Å². The van der Waals surface area contributed by atoms with Gasteiger partial charge in [-0.3, -0.25) is 4.98 Å². The van der Waals surface area contributed by atoms with Crippen LogP contribution in [0.1, 0.15) is 31.4 Å². The van der Waals surface area contributed by atoms with E-state index < -0.39 is 0 Å². The normalized spacial score (nSPS) is 24.6. The maximum absolute atomic E-state index is 8.97. The highest BCUT2D eigenvalue weighted by atomic mass is 16.5. The average molecular weight is 238 g/mol. The Morgan fingerprint density at radius 1 is 1.35 bits per heavy atom. The van der Waals surface area contributed by atoms with Crippen LogP contribution < -0.4 is 4.74 Å². The largest absolute Gasteiger partial charge is 0.473 e. The van der Waals surface area contributed by atoms with E-state index in [1.807, 2.05) is 0 Å². The molecule has 0 bridgehead atoms. The Hall–Kier alpha value is -1.20. The van der Waals surface area contributed by atoms with Crippen LogP contribution in [-0.2, 0) is 11.3 Å². The molecule has 0 spiro atoms. The number of nitrogens with zero attached hydrogens (tertiary/aromatic N) is 2. The summed E-state index contributed by atoms with van der Waals surface area (Å²) in [5.41, 5.74) is 0.529. The van der Waals surface area contributed by atoms with E-state index in [2.05, 4.69) is 9.97 Å². The number of aromatic nitrogens is 2. The van der Waals surface area contributed by atoms with Crippen molar-refractivity contribution in [2.75, 3.05) is 7.11 Å². The van der Waals surface area contributed by atoms with Gasteiger partial charge in [0, 0.05) is 13.5 Å². The first-order valence-electron chi connectivity index (χ1n) is 5.93. The zero-order valence-corrected chi connectivity index (χ0v) is 10.0. The maximum Gasteiger partial charge on any atom is 0.232 e. The summed E-state index contributed by atoms with van der Waals surface area (Å²) in [7, 11) is 1.74. The predicted octanol–water partition coefficient (Wildman–Crippen LogP) is 1.31. The summed E-state index contributed by atoms with van der Waals surface area (Å²) in [6.07, 6.45) is 7.64. The van der Waals surface area contributed by atoms with E-state index in [4.69, 9.17) is 14.6 Å². The van der Waals surface area contributed by atoms with Crippen LogP contribution in [0.2, 0.25) is 0 Å². The van der Waals surface area contributed by atoms with Crippen molar-refractivity contribution in [3.05, 3.63) is 18.1 Å². The fourth-order valence-corrected chi connectivity index (χ4v) is 2.11. The van der Waals surface area contributed by atoms with Crippen LogP contribution in [0.25, 0.3) is 0 Å². The molecule has 2 rings (SSSR count). The topological polar surface area (TPSA) is 64.5 Å². The Balaban J connectivity index is 1.95. The smallest absolute Gasteiger partial charge is 0.232 e. The van der Waals surface area contributed by atoms with Crippen molar-refractivity contribution in [1.29, 1.82) is 0 Å². The molecular formula is C12H18N2O3. The molecule has 0 aliphatic heterocycles. The molecule has 1 saturated carbocycles. The molecule has 0 aromatic carbocycles. The summed E-state index contributed by atoms with van der Waals surface area (Å²) in [5.74, 6) is 0.485. The third kappa shape index (κ3) is 3.38. The van der Waals surface area contributed by atoms with Crippen molar-refractivity contribution >= 4 is 0 Å². The molecule has 1 aromatic rings. The minimum absolute atomic E-state index is 0.116. The van der Waals surface area contributed by atoms with Crippen LogP contribution in [0.3, 0.4) is 0 Å². The summed E-state index contributed by atoms with van der Waals surface area (Å²) in [5, 5.41) is 8.97. The first kappa shape index (κ1) is 12.3. The molecule has 5 heteroatoms. The van der Waals surface area contributed by atoms with Gasteiger partial charge in [0.2, 0.25) is 5.88 Å². The second-order valence-corrected chi connectivity index (χ2v) is 4.27. The van der Waals surface area contributed by atoms with Crippen LogP contribution in [0.5, 0.6) is 5.88 Å². The van der Waals surface area contributed by atoms with Crippen LogP contribution >= 0.6 is 0 Å². The van der Waals surface area contributed by atoms with Gasteiger partial charge in [-0.1, -0.05) is 0 Å². The van der Waals surface area contributed by atoms with E-state index in [0.717, 1.165) is 25.7 Å². The van der Waals surface area contributed by atoms with Gasteiger partial charge in [-0.05, 0) is 19.3 Å². The molecule has 17 heavy (non-hydrogen) atoms. The monoisotopic (exact) mass is 238 g/mol. The lowest BCUT2D eigenvalue weighted by molar-refractivity contribution is 0.0192. The lowest BCUT2D eigenvalue weighted by Gasteiger charge is -2.28. The molecule has 1 aliphatic rings. The predicted molar refractivity (Wildman–Crippen MR) is 61.6 cm³/mol. The van der Waals surface area contributed by atoms with Crippen molar-refractivity contribution in [3.63, 3.8) is 0 Å². The van der Waals surface area contributed by atoms with E-state index >= 15 is 0 Å². The van der Waals surface area contributed by atoms with Gasteiger partial charge in [-0.15, -0.1) is 0 Å². The molecule has 1 aromatic heterocycles. The van der Waals surface area contributed by atoms with Gasteiger partial charge < -0.3 is 14.6 Å². The Morgan fingerprint density at radius 2 is 2.18 bits per heavy atom. The number of ether oxygens (including phenoxy) is 2. The Bertz CT molecular complexity index is 359. The second-order valence-electron chi connectivity index (χ2n) is 4.27. The lowest BCUT2D eigenvalue weighted by atomic mass is 9.95. The molecule has 0 amide bonds. The number of aliphatic hydroxyl groups excluding tert-OH is 1. The standard InChI is InChI=1S/C12H18N2O3/c1-16-10-3-2-4-11(5-10)17-12-7-13-6-9(8-15)14-12/h6-7,10-11,15H,2-5,8H2,1H3. The fourth-order valence-electron chi connectivity index (χ4n) is 2.11. The summed E-state index contributed by atoms with van der Waals surface area (Å²) >= 11 is 0. The highest BCUT2D eigenvalue weighted by Crippen LogP contribution is 2.24. The van der Waals surface area contributed by atoms with Gasteiger partial charge >= 0.3 is 0 Å². The third-order valence-electron chi connectivity index (χ3n) is 3.02. The molecular weight excluding hydrogens is 220 g/mol. The molecule has 5 nitrogen and oxygen atoms in total. The molecule has 1 N–H and O–H groups in total. The van der Waals surface area contributed by atoms with E-state index in [1.165, 1.54) is 6.20 Å². The maximum atomic E-state index is 8.97. The Labute approximate surface area is 101 Å². The molecule has 94 valence electrons. The Kier molecular flexibility index (Phi) is 4.28. The van der Waals surface area contributed by atoms with Crippen molar-refractivity contribution in [3.8, 4) is 5.88 Å². The van der Waals surface area contributed by atoms with Gasteiger partial charge in [0.25, 0.3) is 0 Å². The molecule has 2 atom stereocenters. The molecule has 1 fully saturated rings. The van der Waals surface area contributed by atoms with Crippen molar-refractivity contribution in [2.24, 2.45) is 0 Å². The highest BCUT2D eigenvalue weighted by molar-refractivity contribution is 5.08. The van der Waals surface area contributed by atoms with E-state index in [9.17, 15) is 0 Å². The van der Waals surface area contributed by atoms with Gasteiger partial charge in [0.05, 0.1) is 30.8 Å². The van der Waals surface area contributed by atoms with Gasteiger partial charge in [0.15, 0.2) is 0 Å². The average Bonchev–Trinajstić information content (AvgIpc) is 2.39. The van der Waals surface area contributed by atoms with Gasteiger partial charge in [0.1, 0.15) is 6.10 Å². The summed E-state index contributed by atoms with van der Waals surface area (Å²) in [6, 6.07) is 0. The first-order valence-corrected chi connectivity index (χ1v) is 5.93. The third-order valence-corrected chi connectivity index (χ3v) is 3.02. The van der Waals surface area contributed by atoms with Crippen LogP contribution in [-0.4, -0.2) is 34.4 Å². The first-order chi connectivity index (χ1) is 8.31. The summed E-state index contributed by atoms with van der Waals surface area (Å²) in [6.45, 7) is -0.116. The summed E-state index contributed by atoms with van der Waals surface area (Å²) < 4.78 is 11.1. The van der Waals surface area contributed by atoms with E-state index in [0.29, 0.717) is 11.6 Å². The number of hydrogen-bond donors (Lipinski definition) is 1. The lowest BCUT2D eigenvalue weighted by Crippen LogP contribution is -2.29. The van der Waals surface area contributed by atoms with Crippen molar-refractivity contribution < 1.29 is 14.6 Å². The minimum atomic E-state index is -0.116. The van der Waals surface area contributed by atoms with Gasteiger partial charge in [-0.2, -0.15) is 0 Å². The minimum Gasteiger partial charge on any atom is -0.473 e. The summed E-state index contributed by atoms with van der Waals surface area (Å²) in [4.78, 5) is 8.14. The second kappa shape index (κ2) is 5.93. The van der Waals surface area contributed by atoms with Crippen molar-refractivity contribution in [1.82, 2.24) is 9.97 Å². The zero-order chi connectivity index (χ0) is 12.1. The van der Waals surface area contributed by atoms with E-state index in [1.54, 1.807) is 13.3 Å². The van der Waals surface area contributed by atoms with Gasteiger partial charge in [-0.25, -0.2) is 4.98 Å². The van der Waals surface area contributed by atoms with Crippen molar-refractivity contribution in [2.45, 2.75) is 44.5 Å². The Morgan fingerprint density at radius 3 is 2.94 bits per heavy atom. The molecule has 1 heterocycles. The number of rotatable bonds is 4.